The van der Waals surface area contributed by atoms with Gasteiger partial charge < -0.3 is 4.90 Å². The molecule has 3 aromatic rings. The van der Waals surface area contributed by atoms with Gasteiger partial charge in [-0.2, -0.15) is 18.3 Å². The van der Waals surface area contributed by atoms with E-state index in [9.17, 15) is 27.2 Å². The van der Waals surface area contributed by atoms with Crippen LogP contribution in [0.4, 0.5) is 17.6 Å². The summed E-state index contributed by atoms with van der Waals surface area (Å²) in [5.41, 5.74) is -0.690. The van der Waals surface area contributed by atoms with Crippen LogP contribution in [-0.4, -0.2) is 33.2 Å². The summed E-state index contributed by atoms with van der Waals surface area (Å²) >= 11 is 0. The van der Waals surface area contributed by atoms with Crippen LogP contribution >= 0.6 is 0 Å². The molecule has 0 radical (unpaired) electrons. The highest BCUT2D eigenvalue weighted by molar-refractivity contribution is 5.92. The molecular weight excluding hydrogens is 438 g/mol. The van der Waals surface area contributed by atoms with Crippen LogP contribution in [0.1, 0.15) is 40.2 Å². The third-order valence-electron chi connectivity index (χ3n) is 5.73. The Bertz CT molecular complexity index is 1250. The number of benzene rings is 2. The van der Waals surface area contributed by atoms with Crippen LogP contribution in [-0.2, 0) is 12.6 Å². The molecule has 1 aliphatic heterocycles. The van der Waals surface area contributed by atoms with E-state index in [0.717, 1.165) is 24.1 Å². The van der Waals surface area contributed by atoms with E-state index in [4.69, 9.17) is 0 Å². The van der Waals surface area contributed by atoms with Gasteiger partial charge in [0.15, 0.2) is 5.69 Å². The summed E-state index contributed by atoms with van der Waals surface area (Å²) in [7, 11) is 0. The molecule has 1 atom stereocenters. The first-order chi connectivity index (χ1) is 15.6. The summed E-state index contributed by atoms with van der Waals surface area (Å²) in [6.45, 7) is 1.95. The summed E-state index contributed by atoms with van der Waals surface area (Å²) in [6, 6.07) is 11.6. The number of aryl methyl sites for hydroxylation is 1. The number of nitrogens with zero attached hydrogens (tertiary/aromatic N) is 3. The molecule has 5 nitrogen and oxygen atoms in total. The number of amides is 1. The number of alkyl halides is 3. The molecular formula is C24H21F4N3O2. The summed E-state index contributed by atoms with van der Waals surface area (Å²) in [4.78, 5) is 27.4. The summed E-state index contributed by atoms with van der Waals surface area (Å²) in [5, 5.41) is 4.15. The molecule has 0 N–H and O–H groups in total. The molecule has 9 heteroatoms. The lowest BCUT2D eigenvalue weighted by atomic mass is 10.0. The number of carbonyl (C=O) groups is 1. The Kier molecular flexibility index (Phi) is 6.05. The van der Waals surface area contributed by atoms with Crippen molar-refractivity contribution in [2.75, 3.05) is 6.54 Å². The number of halogens is 4. The van der Waals surface area contributed by atoms with Crippen molar-refractivity contribution in [1.82, 2.24) is 14.7 Å². The van der Waals surface area contributed by atoms with Crippen LogP contribution in [0.15, 0.2) is 59.4 Å². The van der Waals surface area contributed by atoms with E-state index in [2.05, 4.69) is 5.10 Å². The molecule has 33 heavy (non-hydrogen) atoms. The predicted molar refractivity (Wildman–Crippen MR) is 114 cm³/mol. The van der Waals surface area contributed by atoms with Gasteiger partial charge in [0.25, 0.3) is 5.91 Å². The molecule has 0 saturated carbocycles. The van der Waals surface area contributed by atoms with E-state index in [1.807, 2.05) is 0 Å². The predicted octanol–water partition coefficient (Wildman–Crippen LogP) is 4.55. The maximum absolute atomic E-state index is 13.6. The molecule has 0 spiro atoms. The van der Waals surface area contributed by atoms with Crippen molar-refractivity contribution < 1.29 is 22.4 Å². The standard InChI is InChI=1S/C24H21F4N3O2/c1-15-11-21(32)22(29-31(15)20-8-3-6-17(14-20)24(26,27)28)23(33)30-10-4-9-19(30)13-16-5-2-7-18(25)12-16/h2-3,5-8,11-12,14,19H,4,9-10,13H2,1H3. The van der Waals surface area contributed by atoms with E-state index in [-0.39, 0.29) is 23.2 Å². The Hall–Kier alpha value is -3.49. The minimum Gasteiger partial charge on any atom is -0.334 e. The third-order valence-corrected chi connectivity index (χ3v) is 5.73. The number of hydrogen-bond donors (Lipinski definition) is 0. The van der Waals surface area contributed by atoms with Crippen molar-refractivity contribution in [1.29, 1.82) is 0 Å². The molecule has 4 rings (SSSR count). The lowest BCUT2D eigenvalue weighted by Gasteiger charge is -2.24. The highest BCUT2D eigenvalue weighted by atomic mass is 19.4. The van der Waals surface area contributed by atoms with E-state index in [1.54, 1.807) is 17.0 Å². The van der Waals surface area contributed by atoms with Gasteiger partial charge in [-0.15, -0.1) is 0 Å². The van der Waals surface area contributed by atoms with Crippen LogP contribution < -0.4 is 5.43 Å². The van der Waals surface area contributed by atoms with Crippen LogP contribution in [0.2, 0.25) is 0 Å². The highest BCUT2D eigenvalue weighted by Crippen LogP contribution is 2.30. The third kappa shape index (κ3) is 4.81. The van der Waals surface area contributed by atoms with Crippen molar-refractivity contribution in [2.45, 2.75) is 38.4 Å². The maximum atomic E-state index is 13.6. The number of hydrogen-bond acceptors (Lipinski definition) is 3. The first-order valence-electron chi connectivity index (χ1n) is 10.5. The zero-order chi connectivity index (χ0) is 23.8. The molecule has 2 heterocycles. The van der Waals surface area contributed by atoms with E-state index < -0.39 is 23.1 Å². The van der Waals surface area contributed by atoms with Crippen LogP contribution in [0.3, 0.4) is 0 Å². The highest BCUT2D eigenvalue weighted by Gasteiger charge is 2.33. The molecule has 1 amide bonds. The van der Waals surface area contributed by atoms with Gasteiger partial charge in [0, 0.05) is 24.3 Å². The fourth-order valence-electron chi connectivity index (χ4n) is 4.16. The molecule has 1 saturated heterocycles. The number of aromatic nitrogens is 2. The SMILES string of the molecule is Cc1cc(=O)c(C(=O)N2CCCC2Cc2cccc(F)c2)nn1-c1cccc(C(F)(F)F)c1. The maximum Gasteiger partial charge on any atom is 0.416 e. The number of likely N-dealkylation sites (tertiary alicyclic amines) is 1. The Balaban J connectivity index is 1.66. The van der Waals surface area contributed by atoms with Gasteiger partial charge in [-0.1, -0.05) is 18.2 Å². The quantitative estimate of drug-likeness (QED) is 0.538. The van der Waals surface area contributed by atoms with Crippen LogP contribution in [0.25, 0.3) is 5.69 Å². The van der Waals surface area contributed by atoms with E-state index in [0.29, 0.717) is 25.1 Å². The molecule has 0 bridgehead atoms. The molecule has 1 fully saturated rings. The number of carbonyl (C=O) groups excluding carboxylic acids is 1. The second-order valence-corrected chi connectivity index (χ2v) is 8.09. The number of rotatable bonds is 4. The molecule has 172 valence electrons. The Labute approximate surface area is 187 Å². The molecule has 1 aliphatic rings. The first-order valence-corrected chi connectivity index (χ1v) is 10.5. The van der Waals surface area contributed by atoms with E-state index in [1.165, 1.54) is 41.9 Å². The second kappa shape index (κ2) is 8.80. The van der Waals surface area contributed by atoms with Gasteiger partial charge >= 0.3 is 6.18 Å². The first kappa shape index (κ1) is 22.7. The average Bonchev–Trinajstić information content (AvgIpc) is 3.21. The van der Waals surface area contributed by atoms with Gasteiger partial charge in [0.05, 0.1) is 11.3 Å². The Morgan fingerprint density at radius 3 is 2.61 bits per heavy atom. The van der Waals surface area contributed by atoms with Crippen molar-refractivity contribution in [3.63, 3.8) is 0 Å². The van der Waals surface area contributed by atoms with Crippen molar-refractivity contribution in [3.05, 3.63) is 93.2 Å². The zero-order valence-corrected chi connectivity index (χ0v) is 17.8. The smallest absolute Gasteiger partial charge is 0.334 e. The zero-order valence-electron chi connectivity index (χ0n) is 17.8. The second-order valence-electron chi connectivity index (χ2n) is 8.09. The van der Waals surface area contributed by atoms with Crippen molar-refractivity contribution in [3.8, 4) is 5.69 Å². The van der Waals surface area contributed by atoms with Crippen molar-refractivity contribution in [2.24, 2.45) is 0 Å². The largest absolute Gasteiger partial charge is 0.416 e. The fourth-order valence-corrected chi connectivity index (χ4v) is 4.16. The van der Waals surface area contributed by atoms with Gasteiger partial charge in [0.2, 0.25) is 5.43 Å². The molecule has 2 aromatic carbocycles. The van der Waals surface area contributed by atoms with Gasteiger partial charge in [-0.25, -0.2) is 9.07 Å². The van der Waals surface area contributed by atoms with Crippen molar-refractivity contribution >= 4 is 5.91 Å². The lowest BCUT2D eigenvalue weighted by molar-refractivity contribution is -0.137. The minimum absolute atomic E-state index is 0.0918. The Morgan fingerprint density at radius 2 is 1.88 bits per heavy atom. The van der Waals surface area contributed by atoms with Crippen LogP contribution in [0, 0.1) is 12.7 Å². The Morgan fingerprint density at radius 1 is 1.12 bits per heavy atom. The normalized spacial score (nSPS) is 16.3. The average molecular weight is 459 g/mol. The van der Waals surface area contributed by atoms with Gasteiger partial charge in [0.1, 0.15) is 5.82 Å². The van der Waals surface area contributed by atoms with Crippen LogP contribution in [0.5, 0.6) is 0 Å². The van der Waals surface area contributed by atoms with Gasteiger partial charge in [-0.05, 0) is 62.1 Å². The monoisotopic (exact) mass is 459 g/mol. The van der Waals surface area contributed by atoms with Gasteiger partial charge in [-0.3, -0.25) is 9.59 Å². The van der Waals surface area contributed by atoms with E-state index >= 15 is 0 Å². The summed E-state index contributed by atoms with van der Waals surface area (Å²) < 4.78 is 54.2. The summed E-state index contributed by atoms with van der Waals surface area (Å²) in [6.07, 6.45) is -2.70. The summed E-state index contributed by atoms with van der Waals surface area (Å²) in [5.74, 6) is -0.952. The fraction of sp³-hybridized carbons (Fsp3) is 0.292. The lowest BCUT2D eigenvalue weighted by Crippen LogP contribution is -2.40. The molecule has 0 aliphatic carbocycles. The minimum atomic E-state index is -4.54. The molecule has 1 unspecified atom stereocenters. The topological polar surface area (TPSA) is 55.2 Å². The molecule has 1 aromatic heterocycles.